The Bertz CT molecular complexity index is 943. The number of carbonyl (C=O) groups is 1. The minimum Gasteiger partial charge on any atom is -0.497 e. The summed E-state index contributed by atoms with van der Waals surface area (Å²) in [6.45, 7) is 0.292. The van der Waals surface area contributed by atoms with E-state index in [1.807, 2.05) is 48.5 Å². The van der Waals surface area contributed by atoms with Crippen molar-refractivity contribution in [1.82, 2.24) is 10.4 Å². The van der Waals surface area contributed by atoms with Gasteiger partial charge < -0.3 is 13.9 Å². The molecule has 30 heavy (non-hydrogen) atoms. The molecule has 0 unspecified atom stereocenters. The number of rotatable bonds is 11. The van der Waals surface area contributed by atoms with Gasteiger partial charge in [-0.15, -0.1) is 11.8 Å². The van der Waals surface area contributed by atoms with Gasteiger partial charge in [-0.3, -0.25) is 4.79 Å². The number of hydrogen-bond donors (Lipinski definition) is 1. The van der Waals surface area contributed by atoms with E-state index in [0.29, 0.717) is 24.5 Å². The molecular weight excluding hydrogens is 402 g/mol. The van der Waals surface area contributed by atoms with Gasteiger partial charge in [0.05, 0.1) is 18.4 Å². The van der Waals surface area contributed by atoms with Crippen LogP contribution in [0.4, 0.5) is 0 Å². The van der Waals surface area contributed by atoms with Gasteiger partial charge in [0.1, 0.15) is 29.6 Å². The fraction of sp³-hybridized carbons (Fsp3) is 0.227. The first kappa shape index (κ1) is 21.4. The van der Waals surface area contributed by atoms with Gasteiger partial charge in [-0.05, 0) is 60.7 Å². The number of amides is 1. The van der Waals surface area contributed by atoms with Crippen molar-refractivity contribution in [1.29, 1.82) is 0 Å². The van der Waals surface area contributed by atoms with Crippen molar-refractivity contribution in [2.45, 2.75) is 24.5 Å². The molecule has 8 heteroatoms. The van der Waals surface area contributed by atoms with Gasteiger partial charge in [-0.2, -0.15) is 5.10 Å². The van der Waals surface area contributed by atoms with Crippen LogP contribution >= 0.6 is 11.8 Å². The van der Waals surface area contributed by atoms with Crippen molar-refractivity contribution < 1.29 is 18.7 Å². The Labute approximate surface area is 179 Å². The highest BCUT2D eigenvalue weighted by molar-refractivity contribution is 7.99. The number of methoxy groups -OCH3 is 1. The van der Waals surface area contributed by atoms with Crippen molar-refractivity contribution in [2.75, 3.05) is 12.9 Å². The number of hydrogen-bond acceptors (Lipinski definition) is 7. The zero-order valence-electron chi connectivity index (χ0n) is 16.6. The second kappa shape index (κ2) is 11.7. The van der Waals surface area contributed by atoms with E-state index >= 15 is 0 Å². The summed E-state index contributed by atoms with van der Waals surface area (Å²) < 4.78 is 16.4. The van der Waals surface area contributed by atoms with E-state index in [-0.39, 0.29) is 5.91 Å². The number of hydrazone groups is 1. The molecule has 3 rings (SSSR count). The standard InChI is InChI=1S/C22H23N3O4S/c1-27-17-7-9-18(10-8-17)28-16-20-12-11-19(29-20)15-24-25-21(26)5-4-14-30-22-6-2-3-13-23-22/h2-3,6-13,15H,4-5,14,16H2,1H3,(H,25,26)/b24-15+. The molecule has 1 amide bonds. The lowest BCUT2D eigenvalue weighted by Gasteiger charge is -2.05. The molecule has 0 saturated heterocycles. The van der Waals surface area contributed by atoms with E-state index < -0.39 is 0 Å². The fourth-order valence-corrected chi connectivity index (χ4v) is 3.24. The average Bonchev–Trinajstić information content (AvgIpc) is 3.24. The maximum Gasteiger partial charge on any atom is 0.240 e. The Kier molecular flexibility index (Phi) is 8.34. The van der Waals surface area contributed by atoms with Gasteiger partial charge in [0.15, 0.2) is 0 Å². The molecule has 7 nitrogen and oxygen atoms in total. The first-order valence-corrected chi connectivity index (χ1v) is 10.4. The zero-order chi connectivity index (χ0) is 21.0. The summed E-state index contributed by atoms with van der Waals surface area (Å²) in [5.41, 5.74) is 2.51. The molecule has 156 valence electrons. The topological polar surface area (TPSA) is 86.0 Å². The first-order chi connectivity index (χ1) is 14.7. The Hall–Kier alpha value is -3.26. The highest BCUT2D eigenvalue weighted by Crippen LogP contribution is 2.19. The maximum absolute atomic E-state index is 11.8. The van der Waals surface area contributed by atoms with E-state index in [1.165, 1.54) is 6.21 Å². The van der Waals surface area contributed by atoms with E-state index in [4.69, 9.17) is 13.9 Å². The third kappa shape index (κ3) is 7.29. The van der Waals surface area contributed by atoms with Crippen LogP contribution < -0.4 is 14.9 Å². The largest absolute Gasteiger partial charge is 0.497 e. The van der Waals surface area contributed by atoms with Gasteiger partial charge >= 0.3 is 0 Å². The third-order valence-corrected chi connectivity index (χ3v) is 4.97. The summed E-state index contributed by atoms with van der Waals surface area (Å²) in [5.74, 6) is 3.37. The smallest absolute Gasteiger partial charge is 0.240 e. The monoisotopic (exact) mass is 425 g/mol. The number of ether oxygens (including phenoxy) is 2. The van der Waals surface area contributed by atoms with Crippen LogP contribution in [0.15, 0.2) is 75.3 Å². The summed E-state index contributed by atoms with van der Waals surface area (Å²) in [4.78, 5) is 16.1. The van der Waals surface area contributed by atoms with Crippen LogP contribution in [-0.4, -0.2) is 30.0 Å². The van der Waals surface area contributed by atoms with Crippen LogP contribution in [0.1, 0.15) is 24.4 Å². The van der Waals surface area contributed by atoms with Crippen LogP contribution in [0.2, 0.25) is 0 Å². The lowest BCUT2D eigenvalue weighted by Crippen LogP contribution is -2.17. The molecule has 0 radical (unpaired) electrons. The number of nitrogens with zero attached hydrogens (tertiary/aromatic N) is 2. The second-order valence-electron chi connectivity index (χ2n) is 6.18. The van der Waals surface area contributed by atoms with Gasteiger partial charge in [0.2, 0.25) is 5.91 Å². The second-order valence-corrected chi connectivity index (χ2v) is 7.30. The van der Waals surface area contributed by atoms with Crippen molar-refractivity contribution in [3.63, 3.8) is 0 Å². The number of furan rings is 1. The van der Waals surface area contributed by atoms with Gasteiger partial charge in [-0.25, -0.2) is 10.4 Å². The van der Waals surface area contributed by atoms with Crippen LogP contribution in [0.3, 0.4) is 0 Å². The molecule has 0 fully saturated rings. The summed E-state index contributed by atoms with van der Waals surface area (Å²) in [6.07, 6.45) is 4.37. The van der Waals surface area contributed by atoms with Crippen molar-refractivity contribution >= 4 is 23.9 Å². The Balaban J connectivity index is 1.33. The number of nitrogens with one attached hydrogen (secondary N) is 1. The zero-order valence-corrected chi connectivity index (χ0v) is 17.4. The number of benzene rings is 1. The average molecular weight is 426 g/mol. The molecule has 0 aliphatic carbocycles. The minimum absolute atomic E-state index is 0.137. The van der Waals surface area contributed by atoms with E-state index in [2.05, 4.69) is 15.5 Å². The number of pyridine rings is 1. The molecule has 0 atom stereocenters. The third-order valence-electron chi connectivity index (χ3n) is 3.94. The van der Waals surface area contributed by atoms with Crippen molar-refractivity contribution in [2.24, 2.45) is 5.10 Å². The Morgan fingerprint density at radius 3 is 2.77 bits per heavy atom. The van der Waals surface area contributed by atoms with Gasteiger partial charge in [-0.1, -0.05) is 6.07 Å². The number of carbonyl (C=O) groups excluding carboxylic acids is 1. The normalized spacial score (nSPS) is 10.8. The summed E-state index contributed by atoms with van der Waals surface area (Å²) >= 11 is 1.63. The van der Waals surface area contributed by atoms with Crippen molar-refractivity contribution in [3.05, 3.63) is 72.3 Å². The molecule has 1 aromatic carbocycles. The SMILES string of the molecule is COc1ccc(OCc2ccc(/C=N/NC(=O)CCCSc3ccccn3)o2)cc1. The number of aromatic nitrogens is 1. The molecule has 1 N–H and O–H groups in total. The van der Waals surface area contributed by atoms with Crippen LogP contribution in [0.25, 0.3) is 0 Å². The minimum atomic E-state index is -0.137. The van der Waals surface area contributed by atoms with Crippen LogP contribution in [0.5, 0.6) is 11.5 Å². The van der Waals surface area contributed by atoms with Crippen molar-refractivity contribution in [3.8, 4) is 11.5 Å². The molecule has 3 aromatic rings. The van der Waals surface area contributed by atoms with E-state index in [9.17, 15) is 4.79 Å². The molecule has 0 spiro atoms. The first-order valence-electron chi connectivity index (χ1n) is 9.44. The van der Waals surface area contributed by atoms with Gasteiger partial charge in [0.25, 0.3) is 0 Å². The van der Waals surface area contributed by atoms with Gasteiger partial charge in [0, 0.05) is 12.6 Å². The maximum atomic E-state index is 11.8. The quantitative estimate of drug-likeness (QED) is 0.214. The summed E-state index contributed by atoms with van der Waals surface area (Å²) in [7, 11) is 1.62. The highest BCUT2D eigenvalue weighted by atomic mass is 32.2. The number of thioether (sulfide) groups is 1. The molecule has 0 bridgehead atoms. The lowest BCUT2D eigenvalue weighted by molar-refractivity contribution is -0.121. The summed E-state index contributed by atoms with van der Waals surface area (Å²) in [6, 6.07) is 16.7. The lowest BCUT2D eigenvalue weighted by atomic mass is 10.3. The summed E-state index contributed by atoms with van der Waals surface area (Å²) in [5, 5.41) is 4.90. The molecule has 2 heterocycles. The van der Waals surface area contributed by atoms with E-state index in [0.717, 1.165) is 28.7 Å². The fourth-order valence-electron chi connectivity index (χ4n) is 2.43. The molecular formula is C22H23N3O4S. The predicted octanol–water partition coefficient (Wildman–Crippen LogP) is 4.28. The van der Waals surface area contributed by atoms with Crippen LogP contribution in [0, 0.1) is 0 Å². The molecule has 0 aliphatic heterocycles. The predicted molar refractivity (Wildman–Crippen MR) is 116 cm³/mol. The highest BCUT2D eigenvalue weighted by Gasteiger charge is 2.04. The Morgan fingerprint density at radius 1 is 1.17 bits per heavy atom. The van der Waals surface area contributed by atoms with Crippen LogP contribution in [-0.2, 0) is 11.4 Å². The van der Waals surface area contributed by atoms with E-state index in [1.54, 1.807) is 31.1 Å². The molecule has 0 aliphatic rings. The Morgan fingerprint density at radius 2 is 2.00 bits per heavy atom. The molecule has 0 saturated carbocycles. The molecule has 2 aromatic heterocycles.